The molecule has 1 aromatic rings. The van der Waals surface area contributed by atoms with Crippen molar-refractivity contribution in [2.75, 3.05) is 6.26 Å². The molecule has 0 saturated heterocycles. The van der Waals surface area contributed by atoms with Gasteiger partial charge < -0.3 is 4.18 Å². The number of aromatic nitrogens is 1. The molecule has 6 heteroatoms. The second kappa shape index (κ2) is 3.28. The Balaban J connectivity index is 2.85. The van der Waals surface area contributed by atoms with Crippen LogP contribution in [0.1, 0.15) is 0 Å². The fourth-order valence-corrected chi connectivity index (χ4v) is 1.09. The maximum atomic E-state index is 10.6. The molecule has 0 amide bonds. The smallest absolute Gasteiger partial charge is 0.307 e. The normalized spacial score (nSPS) is 11.2. The van der Waals surface area contributed by atoms with Crippen LogP contribution in [0.15, 0.2) is 18.3 Å². The number of hydrogen-bond acceptors (Lipinski definition) is 4. The lowest BCUT2D eigenvalue weighted by Gasteiger charge is -1.99. The molecule has 0 atom stereocenters. The molecule has 0 N–H and O–H groups in total. The van der Waals surface area contributed by atoms with E-state index in [2.05, 4.69) is 9.17 Å². The second-order valence-electron chi connectivity index (χ2n) is 2.10. The first-order valence-corrected chi connectivity index (χ1v) is 5.18. The van der Waals surface area contributed by atoms with E-state index in [-0.39, 0.29) is 5.88 Å². The predicted octanol–water partition coefficient (Wildman–Crippen LogP) is 1.07. The van der Waals surface area contributed by atoms with E-state index >= 15 is 0 Å². The van der Waals surface area contributed by atoms with Crippen molar-refractivity contribution in [3.05, 3.63) is 23.4 Å². The van der Waals surface area contributed by atoms with Crippen molar-refractivity contribution in [3.8, 4) is 5.88 Å². The van der Waals surface area contributed by atoms with Gasteiger partial charge in [-0.2, -0.15) is 8.42 Å². The van der Waals surface area contributed by atoms with E-state index in [1.165, 1.54) is 18.3 Å². The Bertz CT molecular complexity index is 359. The number of hydrogen-bond donors (Lipinski definition) is 0. The second-order valence-corrected chi connectivity index (χ2v) is 4.11. The summed E-state index contributed by atoms with van der Waals surface area (Å²) in [5.41, 5.74) is 0. The highest BCUT2D eigenvalue weighted by Crippen LogP contribution is 2.12. The largest absolute Gasteiger partial charge is 0.362 e. The molecule has 1 rings (SSSR count). The molecule has 0 radical (unpaired) electrons. The van der Waals surface area contributed by atoms with Crippen LogP contribution >= 0.6 is 11.6 Å². The van der Waals surface area contributed by atoms with Crippen LogP contribution in [0.4, 0.5) is 0 Å². The molecule has 0 bridgehead atoms. The highest BCUT2D eigenvalue weighted by atomic mass is 35.5. The number of pyridine rings is 1. The zero-order valence-corrected chi connectivity index (χ0v) is 7.76. The monoisotopic (exact) mass is 207 g/mol. The Morgan fingerprint density at radius 1 is 1.50 bits per heavy atom. The van der Waals surface area contributed by atoms with E-state index in [0.717, 1.165) is 6.26 Å². The molecular weight excluding hydrogens is 202 g/mol. The van der Waals surface area contributed by atoms with Gasteiger partial charge in [-0.25, -0.2) is 4.98 Å². The molecule has 4 nitrogen and oxygen atoms in total. The maximum absolute atomic E-state index is 10.6. The minimum absolute atomic E-state index is 0.0156. The van der Waals surface area contributed by atoms with Crippen LogP contribution in [-0.2, 0) is 10.1 Å². The van der Waals surface area contributed by atoms with Crippen molar-refractivity contribution in [1.82, 2.24) is 4.98 Å². The molecular formula is C6H6ClNO3S. The minimum Gasteiger partial charge on any atom is -0.362 e. The molecule has 12 heavy (non-hydrogen) atoms. The van der Waals surface area contributed by atoms with Crippen LogP contribution in [0.2, 0.25) is 5.02 Å². The van der Waals surface area contributed by atoms with E-state index in [1.807, 2.05) is 0 Å². The first-order chi connectivity index (χ1) is 5.47. The van der Waals surface area contributed by atoms with Gasteiger partial charge in [0.05, 0.1) is 11.3 Å². The summed E-state index contributed by atoms with van der Waals surface area (Å²) < 4.78 is 25.6. The summed E-state index contributed by atoms with van der Waals surface area (Å²) in [4.78, 5) is 3.63. The zero-order valence-electron chi connectivity index (χ0n) is 6.19. The van der Waals surface area contributed by atoms with Crippen LogP contribution in [0.25, 0.3) is 0 Å². The molecule has 0 unspecified atom stereocenters. The standard InChI is InChI=1S/C6H6ClNO3S/c1-12(9,10)11-6-3-2-5(7)4-8-6/h2-4H,1H3. The predicted molar refractivity (Wildman–Crippen MR) is 44.7 cm³/mol. The molecule has 1 heterocycles. The third kappa shape index (κ3) is 3.06. The topological polar surface area (TPSA) is 56.3 Å². The van der Waals surface area contributed by atoms with Gasteiger partial charge in [-0.1, -0.05) is 11.6 Å². The minimum atomic E-state index is -3.50. The van der Waals surface area contributed by atoms with Crippen LogP contribution < -0.4 is 4.18 Å². The van der Waals surface area contributed by atoms with Crippen molar-refractivity contribution in [2.45, 2.75) is 0 Å². The summed E-state index contributed by atoms with van der Waals surface area (Å²) in [7, 11) is -3.50. The van der Waals surface area contributed by atoms with Crippen molar-refractivity contribution in [2.24, 2.45) is 0 Å². The molecule has 0 saturated carbocycles. The SMILES string of the molecule is CS(=O)(=O)Oc1ccc(Cl)cn1. The van der Waals surface area contributed by atoms with Gasteiger partial charge in [-0.05, 0) is 6.07 Å². The third-order valence-corrected chi connectivity index (χ3v) is 1.63. The molecule has 0 aliphatic carbocycles. The Morgan fingerprint density at radius 2 is 2.17 bits per heavy atom. The molecule has 1 aromatic heterocycles. The Morgan fingerprint density at radius 3 is 2.58 bits per heavy atom. The van der Waals surface area contributed by atoms with Crippen LogP contribution in [0.5, 0.6) is 5.88 Å². The summed E-state index contributed by atoms with van der Waals surface area (Å²) >= 11 is 5.52. The fourth-order valence-electron chi connectivity index (χ4n) is 0.567. The first-order valence-electron chi connectivity index (χ1n) is 2.98. The molecule has 0 aliphatic rings. The van der Waals surface area contributed by atoms with Gasteiger partial charge in [-0.15, -0.1) is 0 Å². The maximum Gasteiger partial charge on any atom is 0.307 e. The van der Waals surface area contributed by atoms with Crippen molar-refractivity contribution >= 4 is 21.7 Å². The average Bonchev–Trinajstić information content (AvgIpc) is 1.91. The highest BCUT2D eigenvalue weighted by molar-refractivity contribution is 7.86. The van der Waals surface area contributed by atoms with Crippen molar-refractivity contribution in [3.63, 3.8) is 0 Å². The number of nitrogens with zero attached hydrogens (tertiary/aromatic N) is 1. The van der Waals surface area contributed by atoms with E-state index in [0.29, 0.717) is 5.02 Å². The summed E-state index contributed by atoms with van der Waals surface area (Å²) in [5, 5.41) is 0.427. The van der Waals surface area contributed by atoms with Crippen molar-refractivity contribution < 1.29 is 12.6 Å². The van der Waals surface area contributed by atoms with Gasteiger partial charge in [0.15, 0.2) is 0 Å². The lowest BCUT2D eigenvalue weighted by Crippen LogP contribution is -2.06. The molecule has 0 aliphatic heterocycles. The lowest BCUT2D eigenvalue weighted by atomic mass is 10.5. The van der Waals surface area contributed by atoms with Crippen LogP contribution in [-0.4, -0.2) is 19.7 Å². The fraction of sp³-hybridized carbons (Fsp3) is 0.167. The van der Waals surface area contributed by atoms with Crippen LogP contribution in [0, 0.1) is 0 Å². The third-order valence-electron chi connectivity index (χ3n) is 0.937. The van der Waals surface area contributed by atoms with Gasteiger partial charge in [0, 0.05) is 12.3 Å². The summed E-state index contributed by atoms with van der Waals surface area (Å²) in [6.07, 6.45) is 2.26. The lowest BCUT2D eigenvalue weighted by molar-refractivity contribution is 0.483. The Labute approximate surface area is 75.3 Å². The average molecular weight is 208 g/mol. The number of rotatable bonds is 2. The van der Waals surface area contributed by atoms with Crippen molar-refractivity contribution in [1.29, 1.82) is 0 Å². The first kappa shape index (κ1) is 9.28. The van der Waals surface area contributed by atoms with Gasteiger partial charge in [0.2, 0.25) is 5.88 Å². The highest BCUT2D eigenvalue weighted by Gasteiger charge is 2.04. The number of halogens is 1. The Hall–Kier alpha value is -0.810. The molecule has 66 valence electrons. The van der Waals surface area contributed by atoms with Crippen LogP contribution in [0.3, 0.4) is 0 Å². The molecule has 0 aromatic carbocycles. The Kier molecular flexibility index (Phi) is 2.54. The van der Waals surface area contributed by atoms with Gasteiger partial charge in [0.1, 0.15) is 0 Å². The quantitative estimate of drug-likeness (QED) is 0.681. The summed E-state index contributed by atoms with van der Waals surface area (Å²) in [6, 6.07) is 2.87. The van der Waals surface area contributed by atoms with E-state index in [9.17, 15) is 8.42 Å². The van der Waals surface area contributed by atoms with E-state index < -0.39 is 10.1 Å². The summed E-state index contributed by atoms with van der Waals surface area (Å²) in [6.45, 7) is 0. The van der Waals surface area contributed by atoms with Gasteiger partial charge >= 0.3 is 10.1 Å². The van der Waals surface area contributed by atoms with Gasteiger partial charge in [-0.3, -0.25) is 0 Å². The van der Waals surface area contributed by atoms with Gasteiger partial charge in [0.25, 0.3) is 0 Å². The molecule has 0 spiro atoms. The molecule has 0 fully saturated rings. The zero-order chi connectivity index (χ0) is 9.19. The van der Waals surface area contributed by atoms with E-state index in [4.69, 9.17) is 11.6 Å². The van der Waals surface area contributed by atoms with E-state index in [1.54, 1.807) is 0 Å². The summed E-state index contributed by atoms with van der Waals surface area (Å²) in [5.74, 6) is 0.0156.